The zero-order chi connectivity index (χ0) is 17.7. The number of methoxy groups -OCH3 is 1. The highest BCUT2D eigenvalue weighted by Crippen LogP contribution is 2.27. The largest absolute Gasteiger partial charge is 0.497 e. The van der Waals surface area contributed by atoms with Crippen LogP contribution in [0.2, 0.25) is 5.02 Å². The number of anilines is 1. The number of amides is 1. The Kier molecular flexibility index (Phi) is 5.59. The van der Waals surface area contributed by atoms with Crippen molar-refractivity contribution in [2.45, 2.75) is 13.0 Å². The number of ether oxygens (including phenoxy) is 2. The number of carbonyl (C=O) groups excluding carboxylic acids is 1. The molecule has 2 aromatic rings. The quantitative estimate of drug-likeness (QED) is 0.634. The van der Waals surface area contributed by atoms with Crippen molar-refractivity contribution in [3.63, 3.8) is 0 Å². The summed E-state index contributed by atoms with van der Waals surface area (Å²) in [5.41, 5.74) is -0.0144. The molecule has 0 spiro atoms. The molecule has 2 rings (SSSR count). The van der Waals surface area contributed by atoms with Crippen molar-refractivity contribution in [3.05, 3.63) is 57.6 Å². The molecule has 1 atom stereocenters. The number of carbonyl (C=O) groups is 1. The number of hydrogen-bond donors (Lipinski definition) is 1. The van der Waals surface area contributed by atoms with Crippen LogP contribution in [0.25, 0.3) is 0 Å². The lowest BCUT2D eigenvalue weighted by atomic mass is 10.2. The molecular formula is C16H15ClN2O5. The Morgan fingerprint density at radius 1 is 1.21 bits per heavy atom. The van der Waals surface area contributed by atoms with Crippen LogP contribution in [0.1, 0.15) is 6.92 Å². The monoisotopic (exact) mass is 350 g/mol. The molecule has 8 heteroatoms. The third-order valence-corrected chi connectivity index (χ3v) is 3.49. The smallest absolute Gasteiger partial charge is 0.271 e. The molecule has 0 fully saturated rings. The van der Waals surface area contributed by atoms with Crippen LogP contribution >= 0.6 is 11.6 Å². The minimum absolute atomic E-state index is 0.154. The summed E-state index contributed by atoms with van der Waals surface area (Å²) >= 11 is 5.95. The van der Waals surface area contributed by atoms with E-state index in [1.807, 2.05) is 0 Å². The van der Waals surface area contributed by atoms with Gasteiger partial charge in [0.05, 0.1) is 22.7 Å². The highest BCUT2D eigenvalue weighted by Gasteiger charge is 2.18. The predicted molar refractivity (Wildman–Crippen MR) is 89.8 cm³/mol. The molecule has 24 heavy (non-hydrogen) atoms. The van der Waals surface area contributed by atoms with Crippen LogP contribution in [-0.2, 0) is 4.79 Å². The molecule has 0 heterocycles. The normalized spacial score (nSPS) is 11.5. The number of benzene rings is 2. The molecule has 0 aliphatic rings. The van der Waals surface area contributed by atoms with Crippen LogP contribution in [-0.4, -0.2) is 24.0 Å². The number of hydrogen-bond acceptors (Lipinski definition) is 5. The van der Waals surface area contributed by atoms with Crippen LogP contribution in [0.5, 0.6) is 11.5 Å². The van der Waals surface area contributed by atoms with E-state index >= 15 is 0 Å². The van der Waals surface area contributed by atoms with E-state index in [1.54, 1.807) is 38.3 Å². The number of nitro groups is 1. The Morgan fingerprint density at radius 3 is 2.42 bits per heavy atom. The molecule has 0 aromatic heterocycles. The standard InChI is InChI=1S/C16H15ClN2O5/c1-10(24-13-6-4-12(23-2)5-7-13)16(20)18-15-9-11(19(21)22)3-8-14(15)17/h3-10H,1-2H3,(H,18,20). The first kappa shape index (κ1) is 17.6. The molecule has 0 bridgehead atoms. The lowest BCUT2D eigenvalue weighted by molar-refractivity contribution is -0.384. The number of nitrogens with zero attached hydrogens (tertiary/aromatic N) is 1. The number of nitro benzene ring substituents is 1. The molecule has 0 saturated carbocycles. The van der Waals surface area contributed by atoms with Crippen LogP contribution in [0.3, 0.4) is 0 Å². The molecule has 1 amide bonds. The minimum atomic E-state index is -0.825. The first-order chi connectivity index (χ1) is 11.4. The van der Waals surface area contributed by atoms with Gasteiger partial charge in [0.25, 0.3) is 11.6 Å². The van der Waals surface area contributed by atoms with Gasteiger partial charge >= 0.3 is 0 Å². The fourth-order valence-electron chi connectivity index (χ4n) is 1.87. The van der Waals surface area contributed by atoms with Crippen molar-refractivity contribution in [1.82, 2.24) is 0 Å². The van der Waals surface area contributed by atoms with Crippen LogP contribution in [0.4, 0.5) is 11.4 Å². The van der Waals surface area contributed by atoms with E-state index in [-0.39, 0.29) is 16.4 Å². The van der Waals surface area contributed by atoms with Gasteiger partial charge in [-0.15, -0.1) is 0 Å². The van der Waals surface area contributed by atoms with E-state index in [0.29, 0.717) is 11.5 Å². The van der Waals surface area contributed by atoms with Gasteiger partial charge in [0.2, 0.25) is 0 Å². The number of rotatable bonds is 6. The summed E-state index contributed by atoms with van der Waals surface area (Å²) in [6, 6.07) is 10.6. The second-order valence-corrected chi connectivity index (χ2v) is 5.25. The second-order valence-electron chi connectivity index (χ2n) is 4.85. The molecule has 1 N–H and O–H groups in total. The van der Waals surface area contributed by atoms with Gasteiger partial charge in [0, 0.05) is 12.1 Å². The van der Waals surface area contributed by atoms with Gasteiger partial charge in [-0.2, -0.15) is 0 Å². The van der Waals surface area contributed by atoms with Gasteiger partial charge in [0.15, 0.2) is 6.10 Å². The summed E-state index contributed by atoms with van der Waals surface area (Å²) in [5.74, 6) is 0.680. The van der Waals surface area contributed by atoms with E-state index in [4.69, 9.17) is 21.1 Å². The summed E-state index contributed by atoms with van der Waals surface area (Å²) in [6.07, 6.45) is -0.825. The topological polar surface area (TPSA) is 90.7 Å². The highest BCUT2D eigenvalue weighted by molar-refractivity contribution is 6.33. The molecule has 1 unspecified atom stereocenters. The molecule has 0 aliphatic heterocycles. The van der Waals surface area contributed by atoms with Crippen molar-refractivity contribution in [2.24, 2.45) is 0 Å². The van der Waals surface area contributed by atoms with Gasteiger partial charge < -0.3 is 14.8 Å². The zero-order valence-corrected chi connectivity index (χ0v) is 13.7. The summed E-state index contributed by atoms with van der Waals surface area (Å²) in [4.78, 5) is 22.4. The SMILES string of the molecule is COc1ccc(OC(C)C(=O)Nc2cc([N+](=O)[O-])ccc2Cl)cc1. The Morgan fingerprint density at radius 2 is 1.83 bits per heavy atom. The Balaban J connectivity index is 2.05. The molecule has 0 radical (unpaired) electrons. The van der Waals surface area contributed by atoms with Gasteiger partial charge in [-0.25, -0.2) is 0 Å². The fourth-order valence-corrected chi connectivity index (χ4v) is 2.03. The lowest BCUT2D eigenvalue weighted by Gasteiger charge is -2.15. The van der Waals surface area contributed by atoms with E-state index in [1.165, 1.54) is 18.2 Å². The van der Waals surface area contributed by atoms with Gasteiger partial charge in [-0.3, -0.25) is 14.9 Å². The minimum Gasteiger partial charge on any atom is -0.497 e. The second kappa shape index (κ2) is 7.65. The fraction of sp³-hybridized carbons (Fsp3) is 0.188. The lowest BCUT2D eigenvalue weighted by Crippen LogP contribution is -2.30. The summed E-state index contributed by atoms with van der Waals surface area (Å²) in [7, 11) is 1.55. The van der Waals surface area contributed by atoms with Crippen molar-refractivity contribution in [1.29, 1.82) is 0 Å². The first-order valence-corrected chi connectivity index (χ1v) is 7.34. The third kappa shape index (κ3) is 4.36. The summed E-state index contributed by atoms with van der Waals surface area (Å²) in [6.45, 7) is 1.56. The molecule has 0 aliphatic carbocycles. The van der Waals surface area contributed by atoms with Gasteiger partial charge in [-0.1, -0.05) is 11.6 Å². The maximum absolute atomic E-state index is 12.2. The van der Waals surface area contributed by atoms with E-state index in [0.717, 1.165) is 0 Å². The van der Waals surface area contributed by atoms with Crippen molar-refractivity contribution >= 4 is 28.9 Å². The van der Waals surface area contributed by atoms with Gasteiger partial charge in [0.1, 0.15) is 11.5 Å². The van der Waals surface area contributed by atoms with E-state index < -0.39 is 16.9 Å². The van der Waals surface area contributed by atoms with Crippen molar-refractivity contribution in [3.8, 4) is 11.5 Å². The predicted octanol–water partition coefficient (Wildman–Crippen LogP) is 3.66. The summed E-state index contributed by atoms with van der Waals surface area (Å²) < 4.78 is 10.6. The Hall–Kier alpha value is -2.80. The number of nitrogens with one attached hydrogen (secondary N) is 1. The van der Waals surface area contributed by atoms with Gasteiger partial charge in [-0.05, 0) is 37.3 Å². The molecule has 2 aromatic carbocycles. The Labute approximate surface area is 143 Å². The average Bonchev–Trinajstić information content (AvgIpc) is 2.57. The summed E-state index contributed by atoms with van der Waals surface area (Å²) in [5, 5.41) is 13.5. The molecule has 0 saturated heterocycles. The first-order valence-electron chi connectivity index (χ1n) is 6.96. The highest BCUT2D eigenvalue weighted by atomic mass is 35.5. The maximum Gasteiger partial charge on any atom is 0.271 e. The van der Waals surface area contributed by atoms with E-state index in [9.17, 15) is 14.9 Å². The number of non-ortho nitro benzene ring substituents is 1. The van der Waals surface area contributed by atoms with Crippen molar-refractivity contribution < 1.29 is 19.2 Å². The van der Waals surface area contributed by atoms with Crippen LogP contribution in [0.15, 0.2) is 42.5 Å². The number of halogens is 1. The van der Waals surface area contributed by atoms with Crippen molar-refractivity contribution in [2.75, 3.05) is 12.4 Å². The average molecular weight is 351 g/mol. The van der Waals surface area contributed by atoms with Crippen LogP contribution < -0.4 is 14.8 Å². The molecular weight excluding hydrogens is 336 g/mol. The maximum atomic E-state index is 12.2. The van der Waals surface area contributed by atoms with Crippen LogP contribution in [0, 0.1) is 10.1 Å². The van der Waals surface area contributed by atoms with E-state index in [2.05, 4.69) is 5.32 Å². The molecule has 7 nitrogen and oxygen atoms in total. The Bertz CT molecular complexity index is 749. The zero-order valence-electron chi connectivity index (χ0n) is 13.0. The third-order valence-electron chi connectivity index (χ3n) is 3.16. The molecule has 126 valence electrons.